The van der Waals surface area contributed by atoms with Gasteiger partial charge in [0.05, 0.1) is 18.8 Å². The van der Waals surface area contributed by atoms with Crippen molar-refractivity contribution in [3.8, 4) is 12.8 Å². The van der Waals surface area contributed by atoms with Gasteiger partial charge in [-0.3, -0.25) is 9.89 Å². The summed E-state index contributed by atoms with van der Waals surface area (Å²) >= 11 is 0. The SMILES string of the molecule is C#C.C=C/C=C(/c1cccc(F)c1)c1nc(Cc2cc(C3=CCN=CC(CN4CCC(F)(F)C4)=C3)c(F)cc2NC)[nH]c1C. The summed E-state index contributed by atoms with van der Waals surface area (Å²) in [6.45, 7) is 6.39. The van der Waals surface area contributed by atoms with E-state index < -0.39 is 11.7 Å². The average molecular weight is 602 g/mol. The van der Waals surface area contributed by atoms with Gasteiger partial charge < -0.3 is 10.3 Å². The first kappa shape index (κ1) is 32.2. The van der Waals surface area contributed by atoms with Crippen molar-refractivity contribution < 1.29 is 17.6 Å². The summed E-state index contributed by atoms with van der Waals surface area (Å²) in [5.41, 5.74) is 6.12. The van der Waals surface area contributed by atoms with Crippen molar-refractivity contribution in [3.63, 3.8) is 0 Å². The van der Waals surface area contributed by atoms with Crippen LogP contribution < -0.4 is 5.32 Å². The predicted molar refractivity (Wildman–Crippen MR) is 171 cm³/mol. The molecule has 0 saturated carbocycles. The maximum Gasteiger partial charge on any atom is 0.261 e. The number of H-pyrrole nitrogens is 1. The molecule has 2 aliphatic heterocycles. The van der Waals surface area contributed by atoms with Gasteiger partial charge in [-0.2, -0.15) is 0 Å². The monoisotopic (exact) mass is 601 g/mol. The van der Waals surface area contributed by atoms with Crippen molar-refractivity contribution in [2.75, 3.05) is 38.5 Å². The van der Waals surface area contributed by atoms with Gasteiger partial charge >= 0.3 is 0 Å². The van der Waals surface area contributed by atoms with Crippen molar-refractivity contribution in [2.24, 2.45) is 4.99 Å². The zero-order valence-corrected chi connectivity index (χ0v) is 24.8. The molecule has 1 fully saturated rings. The number of likely N-dealkylation sites (tertiary alicyclic amines) is 1. The largest absolute Gasteiger partial charge is 0.388 e. The topological polar surface area (TPSA) is 56.3 Å². The third kappa shape index (κ3) is 7.63. The molecule has 0 atom stereocenters. The molecule has 5 nitrogen and oxygen atoms in total. The molecule has 0 aliphatic carbocycles. The Hall–Kier alpha value is -4.68. The number of imidazole rings is 1. The maximum atomic E-state index is 15.5. The van der Waals surface area contributed by atoms with E-state index in [-0.39, 0.29) is 18.8 Å². The lowest BCUT2D eigenvalue weighted by Gasteiger charge is -2.16. The third-order valence-corrected chi connectivity index (χ3v) is 7.41. The normalized spacial score (nSPS) is 16.4. The van der Waals surface area contributed by atoms with E-state index in [0.717, 1.165) is 22.4 Å². The van der Waals surface area contributed by atoms with E-state index >= 15 is 4.39 Å². The fraction of sp³-hybridized carbons (Fsp3) is 0.257. The van der Waals surface area contributed by atoms with E-state index in [0.29, 0.717) is 60.0 Å². The number of nitrogens with zero attached hydrogens (tertiary/aromatic N) is 3. The molecule has 3 heterocycles. The highest BCUT2D eigenvalue weighted by atomic mass is 19.3. The van der Waals surface area contributed by atoms with Gasteiger partial charge in [-0.15, -0.1) is 12.8 Å². The van der Waals surface area contributed by atoms with Gasteiger partial charge in [0.1, 0.15) is 17.5 Å². The number of hydrogen-bond donors (Lipinski definition) is 2. The van der Waals surface area contributed by atoms with Crippen LogP contribution in [0.4, 0.5) is 23.2 Å². The van der Waals surface area contributed by atoms with Crippen LogP contribution in [0.15, 0.2) is 77.8 Å². The summed E-state index contributed by atoms with van der Waals surface area (Å²) in [6.07, 6.45) is 17.0. The van der Waals surface area contributed by atoms with E-state index in [1.807, 2.05) is 25.1 Å². The molecule has 44 heavy (non-hydrogen) atoms. The van der Waals surface area contributed by atoms with Gasteiger partial charge in [0.25, 0.3) is 5.92 Å². The summed E-state index contributed by atoms with van der Waals surface area (Å²) in [5.74, 6) is -2.78. The summed E-state index contributed by atoms with van der Waals surface area (Å²) in [4.78, 5) is 14.2. The second kappa shape index (κ2) is 14.2. The van der Waals surface area contributed by atoms with Crippen LogP contribution in [0.1, 0.15) is 40.3 Å². The van der Waals surface area contributed by atoms with Gasteiger partial charge in [0.15, 0.2) is 0 Å². The molecule has 5 rings (SSSR count). The second-order valence-electron chi connectivity index (χ2n) is 10.6. The van der Waals surface area contributed by atoms with Crippen LogP contribution in [0.5, 0.6) is 0 Å². The van der Waals surface area contributed by atoms with Gasteiger partial charge in [-0.05, 0) is 59.5 Å². The minimum Gasteiger partial charge on any atom is -0.388 e. The Labute approximate surface area is 255 Å². The van der Waals surface area contributed by atoms with Crippen molar-refractivity contribution in [2.45, 2.75) is 25.7 Å². The first-order chi connectivity index (χ1) is 21.2. The van der Waals surface area contributed by atoms with Crippen molar-refractivity contribution >= 4 is 23.0 Å². The Morgan fingerprint density at radius 1 is 1.20 bits per heavy atom. The Morgan fingerprint density at radius 2 is 2.00 bits per heavy atom. The first-order valence-corrected chi connectivity index (χ1v) is 14.1. The third-order valence-electron chi connectivity index (χ3n) is 7.41. The molecule has 228 valence electrons. The molecule has 2 N–H and O–H groups in total. The quantitative estimate of drug-likeness (QED) is 0.155. The van der Waals surface area contributed by atoms with Crippen LogP contribution in [0, 0.1) is 31.4 Å². The van der Waals surface area contributed by atoms with Crippen molar-refractivity contribution in [3.05, 3.63) is 118 Å². The molecule has 9 heteroatoms. The van der Waals surface area contributed by atoms with Gasteiger partial charge in [0.2, 0.25) is 0 Å². The van der Waals surface area contributed by atoms with E-state index in [1.165, 1.54) is 18.2 Å². The van der Waals surface area contributed by atoms with Gasteiger partial charge in [-0.1, -0.05) is 36.9 Å². The summed E-state index contributed by atoms with van der Waals surface area (Å²) in [5, 5.41) is 3.08. The zero-order valence-electron chi connectivity index (χ0n) is 24.8. The van der Waals surface area contributed by atoms with E-state index in [2.05, 4.69) is 34.7 Å². The fourth-order valence-corrected chi connectivity index (χ4v) is 5.44. The molecule has 0 amide bonds. The molecule has 1 aromatic heterocycles. The fourth-order valence-electron chi connectivity index (χ4n) is 5.44. The van der Waals surface area contributed by atoms with Crippen LogP contribution in [0.2, 0.25) is 0 Å². The minimum atomic E-state index is -2.69. The number of rotatable bonds is 9. The highest BCUT2D eigenvalue weighted by molar-refractivity contribution is 5.88. The number of hydrogen-bond acceptors (Lipinski definition) is 4. The Kier molecular flexibility index (Phi) is 10.4. The maximum absolute atomic E-state index is 15.5. The molecule has 0 bridgehead atoms. The van der Waals surface area contributed by atoms with Crippen LogP contribution in [-0.2, 0) is 6.42 Å². The zero-order chi connectivity index (χ0) is 31.9. The number of terminal acetylenes is 1. The van der Waals surface area contributed by atoms with Crippen molar-refractivity contribution in [1.29, 1.82) is 0 Å². The number of halogens is 4. The number of benzene rings is 2. The molecule has 0 unspecified atom stereocenters. The highest BCUT2D eigenvalue weighted by Crippen LogP contribution is 2.32. The van der Waals surface area contributed by atoms with Crippen LogP contribution in [-0.4, -0.2) is 60.2 Å². The molecule has 0 spiro atoms. The molecule has 3 aromatic rings. The second-order valence-corrected chi connectivity index (χ2v) is 10.6. The Morgan fingerprint density at radius 3 is 2.68 bits per heavy atom. The van der Waals surface area contributed by atoms with E-state index in [9.17, 15) is 13.2 Å². The average Bonchev–Trinajstić information content (AvgIpc) is 3.43. The number of anilines is 1. The lowest BCUT2D eigenvalue weighted by atomic mass is 9.97. The van der Waals surface area contributed by atoms with Gasteiger partial charge in [-0.25, -0.2) is 22.5 Å². The minimum absolute atomic E-state index is 0.162. The predicted octanol–water partition coefficient (Wildman–Crippen LogP) is 7.23. The molecular weight excluding hydrogens is 566 g/mol. The number of allylic oxidation sites excluding steroid dienone is 4. The van der Waals surface area contributed by atoms with E-state index in [4.69, 9.17) is 4.98 Å². The molecule has 1 saturated heterocycles. The first-order valence-electron chi connectivity index (χ1n) is 14.1. The molecule has 2 aliphatic rings. The molecular formula is C35H35F4N5. The number of aromatic amines is 1. The Bertz CT molecular complexity index is 1660. The summed E-state index contributed by atoms with van der Waals surface area (Å²) < 4.78 is 56.9. The smallest absolute Gasteiger partial charge is 0.261 e. The number of aryl methyl sites for hydroxylation is 1. The lowest BCUT2D eigenvalue weighted by Crippen LogP contribution is -2.27. The van der Waals surface area contributed by atoms with Crippen molar-refractivity contribution in [1.82, 2.24) is 14.9 Å². The van der Waals surface area contributed by atoms with E-state index in [1.54, 1.807) is 42.4 Å². The highest BCUT2D eigenvalue weighted by Gasteiger charge is 2.38. The van der Waals surface area contributed by atoms with Crippen LogP contribution >= 0.6 is 0 Å². The number of alkyl halides is 2. The number of aliphatic imine (C=N–C) groups is 1. The number of nitrogens with one attached hydrogen (secondary N) is 2. The molecule has 0 radical (unpaired) electrons. The standard InChI is InChI=1S/C33H33F4N5.C2H2/c1-4-6-27(23-7-5-8-26(34)14-23)32-21(2)40-31(41-32)16-25-15-28(29(35)17-30(25)38-3)24-9-11-39-18-22(13-24)19-42-12-10-33(36,37)20-42;1-2/h4-9,13-15,17-18,38H,1,10-12,16,19-20H2,2-3H3,(H,40,41);1-2H/b27-6-;. The Balaban J connectivity index is 0.00000216. The lowest BCUT2D eigenvalue weighted by molar-refractivity contribution is 0.0132. The van der Waals surface area contributed by atoms with Gasteiger partial charge in [0, 0.05) is 61.7 Å². The van der Waals surface area contributed by atoms with Crippen LogP contribution in [0.3, 0.4) is 0 Å². The number of aromatic nitrogens is 2. The summed E-state index contributed by atoms with van der Waals surface area (Å²) in [6, 6.07) is 9.56. The van der Waals surface area contributed by atoms with Crippen LogP contribution in [0.25, 0.3) is 11.1 Å². The summed E-state index contributed by atoms with van der Waals surface area (Å²) in [7, 11) is 1.73. The molecule has 2 aromatic carbocycles.